The predicted octanol–water partition coefficient (Wildman–Crippen LogP) is 2.29. The summed E-state index contributed by atoms with van der Waals surface area (Å²) in [6.45, 7) is 13.0. The first-order chi connectivity index (χ1) is 15.5. The van der Waals surface area contributed by atoms with Crippen LogP contribution in [0.15, 0.2) is 29.3 Å². The number of rotatable bonds is 7. The van der Waals surface area contributed by atoms with Crippen molar-refractivity contribution < 1.29 is 9.18 Å². The Morgan fingerprint density at radius 1 is 1.09 bits per heavy atom. The molecule has 2 aliphatic rings. The van der Waals surface area contributed by atoms with Crippen LogP contribution in [-0.4, -0.2) is 86.1 Å². The fourth-order valence-electron chi connectivity index (χ4n) is 4.36. The number of carbonyl (C=O) groups excluding carboxylic acids is 1. The Hall–Kier alpha value is -2.35. The molecule has 1 aromatic carbocycles. The maximum absolute atomic E-state index is 13.1. The normalized spacial score (nSPS) is 18.8. The van der Waals surface area contributed by atoms with E-state index < -0.39 is 0 Å². The second kappa shape index (κ2) is 12.0. The molecular formula is C24H39FN6O. The minimum absolute atomic E-state index is 0.147. The van der Waals surface area contributed by atoms with Gasteiger partial charge in [0, 0.05) is 70.0 Å². The Kier molecular flexibility index (Phi) is 9.14. The Balaban J connectivity index is 1.41. The Morgan fingerprint density at radius 3 is 2.34 bits per heavy atom. The zero-order valence-corrected chi connectivity index (χ0v) is 19.8. The number of guanidine groups is 1. The Bertz CT molecular complexity index is 737. The van der Waals surface area contributed by atoms with E-state index >= 15 is 0 Å². The molecule has 8 heteroatoms. The van der Waals surface area contributed by atoms with Crippen molar-refractivity contribution in [2.24, 2.45) is 4.99 Å². The summed E-state index contributed by atoms with van der Waals surface area (Å²) in [5, 5.41) is 6.86. The van der Waals surface area contributed by atoms with Crippen molar-refractivity contribution >= 4 is 17.6 Å². The molecule has 0 spiro atoms. The molecule has 0 atom stereocenters. The van der Waals surface area contributed by atoms with E-state index in [0.29, 0.717) is 38.1 Å². The van der Waals surface area contributed by atoms with E-state index in [1.165, 1.54) is 12.1 Å². The van der Waals surface area contributed by atoms with Gasteiger partial charge in [-0.1, -0.05) is 0 Å². The minimum atomic E-state index is -0.226. The summed E-state index contributed by atoms with van der Waals surface area (Å²) in [5.74, 6) is 0.730. The van der Waals surface area contributed by atoms with E-state index in [2.05, 4.69) is 46.2 Å². The number of anilines is 1. The van der Waals surface area contributed by atoms with Gasteiger partial charge >= 0.3 is 0 Å². The number of likely N-dealkylation sites (tertiary alicyclic amines) is 1. The third-order valence-corrected chi connectivity index (χ3v) is 6.36. The van der Waals surface area contributed by atoms with Crippen LogP contribution in [0.5, 0.6) is 0 Å². The van der Waals surface area contributed by atoms with Crippen molar-refractivity contribution in [1.82, 2.24) is 20.4 Å². The number of hydrogen-bond donors (Lipinski definition) is 2. The lowest BCUT2D eigenvalue weighted by molar-refractivity contribution is -0.131. The fourth-order valence-corrected chi connectivity index (χ4v) is 4.36. The van der Waals surface area contributed by atoms with Crippen molar-refractivity contribution in [2.45, 2.75) is 52.1 Å². The summed E-state index contributed by atoms with van der Waals surface area (Å²) in [6, 6.07) is 7.58. The lowest BCUT2D eigenvalue weighted by Gasteiger charge is -2.36. The quantitative estimate of drug-likeness (QED) is 0.497. The van der Waals surface area contributed by atoms with Gasteiger partial charge in [0.1, 0.15) is 5.82 Å². The highest BCUT2D eigenvalue weighted by atomic mass is 19.1. The number of amides is 1. The van der Waals surface area contributed by atoms with Crippen LogP contribution in [-0.2, 0) is 4.79 Å². The molecule has 0 radical (unpaired) electrons. The zero-order chi connectivity index (χ0) is 22.9. The molecule has 0 aliphatic carbocycles. The number of piperidine rings is 1. The van der Waals surface area contributed by atoms with Gasteiger partial charge in [0.25, 0.3) is 0 Å². The molecule has 32 heavy (non-hydrogen) atoms. The van der Waals surface area contributed by atoms with Gasteiger partial charge < -0.3 is 25.3 Å². The van der Waals surface area contributed by atoms with Crippen LogP contribution in [0, 0.1) is 5.82 Å². The number of aliphatic imine (C=N–C) groups is 1. The molecule has 3 rings (SSSR count). The number of carbonyl (C=O) groups is 1. The summed E-state index contributed by atoms with van der Waals surface area (Å²) in [5.41, 5.74) is 1.00. The number of benzene rings is 1. The summed E-state index contributed by atoms with van der Waals surface area (Å²) in [6.07, 6.45) is 2.64. The summed E-state index contributed by atoms with van der Waals surface area (Å²) >= 11 is 0. The molecule has 2 aliphatic heterocycles. The van der Waals surface area contributed by atoms with Crippen molar-refractivity contribution in [3.8, 4) is 0 Å². The van der Waals surface area contributed by atoms with E-state index in [1.54, 1.807) is 12.1 Å². The van der Waals surface area contributed by atoms with Gasteiger partial charge in [-0.2, -0.15) is 0 Å². The molecule has 0 bridgehead atoms. The van der Waals surface area contributed by atoms with E-state index in [9.17, 15) is 9.18 Å². The molecule has 1 amide bonds. The van der Waals surface area contributed by atoms with Gasteiger partial charge in [-0.05, 0) is 57.9 Å². The first-order valence-corrected chi connectivity index (χ1v) is 12.0. The van der Waals surface area contributed by atoms with Crippen molar-refractivity contribution in [2.75, 3.05) is 57.3 Å². The van der Waals surface area contributed by atoms with Gasteiger partial charge in [0.05, 0.1) is 6.54 Å². The van der Waals surface area contributed by atoms with Gasteiger partial charge in [-0.3, -0.25) is 9.79 Å². The van der Waals surface area contributed by atoms with E-state index in [-0.39, 0.29) is 11.7 Å². The average molecular weight is 447 g/mol. The summed E-state index contributed by atoms with van der Waals surface area (Å²) in [7, 11) is 0. The van der Waals surface area contributed by atoms with Crippen LogP contribution in [0.1, 0.15) is 40.0 Å². The molecule has 2 heterocycles. The molecule has 178 valence electrons. The molecule has 7 nitrogen and oxygen atoms in total. The maximum atomic E-state index is 13.1. The first-order valence-electron chi connectivity index (χ1n) is 12.0. The van der Waals surface area contributed by atoms with E-state index in [0.717, 1.165) is 57.2 Å². The average Bonchev–Trinajstić information content (AvgIpc) is 2.80. The molecule has 2 N–H and O–H groups in total. The highest BCUT2D eigenvalue weighted by Gasteiger charge is 2.22. The SMILES string of the molecule is CCNC(=NCCC(=O)N1CCN(c2ccc(F)cc2)CC1)NC1CCN(C(C)C)CC1. The lowest BCUT2D eigenvalue weighted by atomic mass is 10.0. The van der Waals surface area contributed by atoms with Crippen LogP contribution >= 0.6 is 0 Å². The van der Waals surface area contributed by atoms with Gasteiger partial charge in [0.2, 0.25) is 5.91 Å². The number of nitrogens with one attached hydrogen (secondary N) is 2. The molecule has 0 saturated carbocycles. The van der Waals surface area contributed by atoms with Crippen molar-refractivity contribution in [3.63, 3.8) is 0 Å². The van der Waals surface area contributed by atoms with Crippen LogP contribution < -0.4 is 15.5 Å². The fraction of sp³-hybridized carbons (Fsp3) is 0.667. The standard InChI is InChI=1S/C24H39FN6O/c1-4-26-24(28-21-10-13-29(14-11-21)19(2)3)27-12-9-23(32)31-17-15-30(16-18-31)22-7-5-20(25)6-8-22/h5-8,19,21H,4,9-18H2,1-3H3,(H2,26,27,28). The molecule has 2 saturated heterocycles. The van der Waals surface area contributed by atoms with Gasteiger partial charge in [-0.25, -0.2) is 4.39 Å². The second-order valence-corrected chi connectivity index (χ2v) is 8.90. The van der Waals surface area contributed by atoms with Crippen LogP contribution in [0.4, 0.5) is 10.1 Å². The zero-order valence-electron chi connectivity index (χ0n) is 19.8. The number of piperazine rings is 1. The summed E-state index contributed by atoms with van der Waals surface area (Å²) < 4.78 is 13.1. The Labute approximate surface area is 192 Å². The van der Waals surface area contributed by atoms with Crippen LogP contribution in [0.25, 0.3) is 0 Å². The largest absolute Gasteiger partial charge is 0.368 e. The van der Waals surface area contributed by atoms with Gasteiger partial charge in [-0.15, -0.1) is 0 Å². The maximum Gasteiger partial charge on any atom is 0.224 e. The third kappa shape index (κ3) is 7.08. The van der Waals surface area contributed by atoms with E-state index in [4.69, 9.17) is 0 Å². The summed E-state index contributed by atoms with van der Waals surface area (Å²) in [4.78, 5) is 23.9. The van der Waals surface area contributed by atoms with Crippen LogP contribution in [0.2, 0.25) is 0 Å². The predicted molar refractivity (Wildman–Crippen MR) is 129 cm³/mol. The van der Waals surface area contributed by atoms with Crippen molar-refractivity contribution in [1.29, 1.82) is 0 Å². The smallest absolute Gasteiger partial charge is 0.224 e. The highest BCUT2D eigenvalue weighted by Crippen LogP contribution is 2.17. The number of halogens is 1. The minimum Gasteiger partial charge on any atom is -0.368 e. The molecular weight excluding hydrogens is 407 g/mol. The Morgan fingerprint density at radius 2 is 1.75 bits per heavy atom. The topological polar surface area (TPSA) is 63.2 Å². The monoisotopic (exact) mass is 446 g/mol. The van der Waals surface area contributed by atoms with E-state index in [1.807, 2.05) is 4.90 Å². The molecule has 2 fully saturated rings. The third-order valence-electron chi connectivity index (χ3n) is 6.36. The van der Waals surface area contributed by atoms with Crippen LogP contribution in [0.3, 0.4) is 0 Å². The molecule has 0 unspecified atom stereocenters. The van der Waals surface area contributed by atoms with Gasteiger partial charge in [0.15, 0.2) is 5.96 Å². The highest BCUT2D eigenvalue weighted by molar-refractivity contribution is 5.81. The number of hydrogen-bond acceptors (Lipinski definition) is 4. The molecule has 0 aromatic heterocycles. The lowest BCUT2D eigenvalue weighted by Crippen LogP contribution is -2.50. The first kappa shape index (κ1) is 24.3. The number of nitrogens with zero attached hydrogens (tertiary/aromatic N) is 4. The molecule has 1 aromatic rings. The second-order valence-electron chi connectivity index (χ2n) is 8.90. The van der Waals surface area contributed by atoms with Crippen molar-refractivity contribution in [3.05, 3.63) is 30.1 Å².